The van der Waals surface area contributed by atoms with Gasteiger partial charge in [-0.3, -0.25) is 14.8 Å². The van der Waals surface area contributed by atoms with Crippen LogP contribution in [-0.4, -0.2) is 51.1 Å². The maximum Gasteiger partial charge on any atom is 0.320 e. The van der Waals surface area contributed by atoms with Gasteiger partial charge in [-0.2, -0.15) is 0 Å². The molecule has 0 spiro atoms. The molecule has 2 atom stereocenters. The van der Waals surface area contributed by atoms with Crippen LogP contribution in [0.2, 0.25) is 0 Å². The van der Waals surface area contributed by atoms with Crippen LogP contribution in [0, 0.1) is 0 Å². The number of rotatable bonds is 7. The molecule has 0 heterocycles. The first-order valence-electron chi connectivity index (χ1n) is 5.00. The molecule has 0 aromatic heterocycles. The molecule has 0 fully saturated rings. The Labute approximate surface area is 93.4 Å². The maximum atomic E-state index is 11.1. The molecule has 0 saturated heterocycles. The number of aliphatic hydroxyl groups excluding tert-OH is 1. The zero-order chi connectivity index (χ0) is 12.7. The van der Waals surface area contributed by atoms with Gasteiger partial charge in [-0.05, 0) is 19.8 Å². The van der Waals surface area contributed by atoms with Crippen molar-refractivity contribution in [1.29, 1.82) is 0 Å². The lowest BCUT2D eigenvalue weighted by molar-refractivity contribution is -0.167. The van der Waals surface area contributed by atoms with Crippen molar-refractivity contribution < 1.29 is 25.0 Å². The number of carboxylic acids is 1. The fraction of sp³-hybridized carbons (Fsp3) is 0.778. The Morgan fingerprint density at radius 3 is 2.44 bits per heavy atom. The number of aliphatic carboxylic acids is 1. The van der Waals surface area contributed by atoms with Crippen molar-refractivity contribution in [3.63, 3.8) is 0 Å². The van der Waals surface area contributed by atoms with E-state index in [0.29, 0.717) is 5.06 Å². The predicted molar refractivity (Wildman–Crippen MR) is 54.6 cm³/mol. The first-order chi connectivity index (χ1) is 7.34. The largest absolute Gasteiger partial charge is 0.480 e. The van der Waals surface area contributed by atoms with Gasteiger partial charge in [0, 0.05) is 6.54 Å². The third kappa shape index (κ3) is 6.33. The number of carbonyl (C=O) groups excluding carboxylic acids is 1. The van der Waals surface area contributed by atoms with Crippen molar-refractivity contribution in [2.24, 2.45) is 5.73 Å². The summed E-state index contributed by atoms with van der Waals surface area (Å²) < 4.78 is 0. The Morgan fingerprint density at radius 2 is 2.00 bits per heavy atom. The molecular weight excluding hydrogens is 216 g/mol. The normalized spacial score (nSPS) is 14.2. The summed E-state index contributed by atoms with van der Waals surface area (Å²) in [5.41, 5.74) is 5.23. The van der Waals surface area contributed by atoms with E-state index < -0.39 is 24.0 Å². The van der Waals surface area contributed by atoms with Crippen LogP contribution in [0.3, 0.4) is 0 Å². The van der Waals surface area contributed by atoms with E-state index in [9.17, 15) is 14.8 Å². The van der Waals surface area contributed by atoms with E-state index in [0.717, 1.165) is 0 Å². The number of hydroxylamine groups is 2. The molecule has 0 aliphatic rings. The monoisotopic (exact) mass is 234 g/mol. The van der Waals surface area contributed by atoms with Crippen LogP contribution in [0.1, 0.15) is 26.2 Å². The molecule has 0 radical (unpaired) electrons. The predicted octanol–water partition coefficient (Wildman–Crippen LogP) is -0.833. The SMILES string of the molecule is C[C@@H](O)CC(=O)N(O)CCC[C@@H](N)C(=O)O. The molecule has 7 nitrogen and oxygen atoms in total. The molecule has 0 aliphatic heterocycles. The average molecular weight is 234 g/mol. The number of nitrogens with two attached hydrogens (primary N) is 1. The van der Waals surface area contributed by atoms with E-state index in [1.807, 2.05) is 0 Å². The highest BCUT2D eigenvalue weighted by molar-refractivity contribution is 5.75. The quantitative estimate of drug-likeness (QED) is 0.336. The molecule has 5 N–H and O–H groups in total. The minimum Gasteiger partial charge on any atom is -0.480 e. The molecule has 0 aliphatic carbocycles. The maximum absolute atomic E-state index is 11.1. The minimum absolute atomic E-state index is 0.00648. The molecule has 7 heteroatoms. The highest BCUT2D eigenvalue weighted by atomic mass is 16.5. The van der Waals surface area contributed by atoms with Crippen LogP contribution in [0.4, 0.5) is 0 Å². The standard InChI is InChI=1S/C9H18N2O5/c1-6(12)5-8(13)11(16)4-2-3-7(10)9(14)15/h6-7,12,16H,2-5,10H2,1H3,(H,14,15)/t6-,7-/m1/s1. The van der Waals surface area contributed by atoms with Crippen molar-refractivity contribution in [2.75, 3.05) is 6.54 Å². The zero-order valence-corrected chi connectivity index (χ0v) is 9.17. The fourth-order valence-corrected chi connectivity index (χ4v) is 1.07. The number of hydrogen-bond acceptors (Lipinski definition) is 5. The Morgan fingerprint density at radius 1 is 1.44 bits per heavy atom. The van der Waals surface area contributed by atoms with Gasteiger partial charge in [-0.1, -0.05) is 0 Å². The summed E-state index contributed by atoms with van der Waals surface area (Å²) in [6.45, 7) is 1.44. The fourth-order valence-electron chi connectivity index (χ4n) is 1.07. The molecule has 0 unspecified atom stereocenters. The van der Waals surface area contributed by atoms with Gasteiger partial charge >= 0.3 is 5.97 Å². The number of aliphatic hydroxyl groups is 1. The molecule has 16 heavy (non-hydrogen) atoms. The number of hydrogen-bond donors (Lipinski definition) is 4. The zero-order valence-electron chi connectivity index (χ0n) is 9.17. The second-order valence-electron chi connectivity index (χ2n) is 3.66. The van der Waals surface area contributed by atoms with E-state index in [4.69, 9.17) is 15.9 Å². The van der Waals surface area contributed by atoms with Crippen LogP contribution in [0.15, 0.2) is 0 Å². The van der Waals surface area contributed by atoms with E-state index in [1.165, 1.54) is 6.92 Å². The highest BCUT2D eigenvalue weighted by Crippen LogP contribution is 2.00. The van der Waals surface area contributed by atoms with Crippen LogP contribution >= 0.6 is 0 Å². The molecular formula is C9H18N2O5. The Balaban J connectivity index is 3.76. The van der Waals surface area contributed by atoms with Crippen LogP contribution in [0.25, 0.3) is 0 Å². The lowest BCUT2D eigenvalue weighted by Crippen LogP contribution is -2.34. The smallest absolute Gasteiger partial charge is 0.320 e. The second-order valence-corrected chi connectivity index (χ2v) is 3.66. The minimum atomic E-state index is -1.11. The third-order valence-corrected chi connectivity index (χ3v) is 1.96. The van der Waals surface area contributed by atoms with Crippen molar-refractivity contribution in [1.82, 2.24) is 5.06 Å². The van der Waals surface area contributed by atoms with E-state index >= 15 is 0 Å². The summed E-state index contributed by atoms with van der Waals surface area (Å²) in [7, 11) is 0. The molecule has 1 amide bonds. The highest BCUT2D eigenvalue weighted by Gasteiger charge is 2.15. The molecule has 0 saturated carbocycles. The summed E-state index contributed by atoms with van der Waals surface area (Å²) in [5.74, 6) is -1.71. The van der Waals surface area contributed by atoms with Crippen LogP contribution in [-0.2, 0) is 9.59 Å². The lowest BCUT2D eigenvalue weighted by atomic mass is 10.1. The molecule has 0 aromatic carbocycles. The van der Waals surface area contributed by atoms with Gasteiger partial charge in [-0.25, -0.2) is 5.06 Å². The first kappa shape index (κ1) is 14.8. The van der Waals surface area contributed by atoms with Gasteiger partial charge in [0.1, 0.15) is 6.04 Å². The van der Waals surface area contributed by atoms with Crippen molar-refractivity contribution in [2.45, 2.75) is 38.3 Å². The van der Waals surface area contributed by atoms with Gasteiger partial charge in [0.25, 0.3) is 0 Å². The summed E-state index contributed by atoms with van der Waals surface area (Å²) in [5, 5.41) is 27.1. The Hall–Kier alpha value is -1.18. The molecule has 94 valence electrons. The Kier molecular flexibility index (Phi) is 6.63. The number of carbonyl (C=O) groups is 2. The van der Waals surface area contributed by atoms with E-state index in [-0.39, 0.29) is 25.8 Å². The summed E-state index contributed by atoms with van der Waals surface area (Å²) >= 11 is 0. The molecule has 0 bridgehead atoms. The number of nitrogens with zero attached hydrogens (tertiary/aromatic N) is 1. The summed E-state index contributed by atoms with van der Waals surface area (Å²) in [4.78, 5) is 21.5. The van der Waals surface area contributed by atoms with Crippen molar-refractivity contribution >= 4 is 11.9 Å². The van der Waals surface area contributed by atoms with Gasteiger partial charge < -0.3 is 15.9 Å². The van der Waals surface area contributed by atoms with Crippen LogP contribution in [0.5, 0.6) is 0 Å². The average Bonchev–Trinajstić information content (AvgIpc) is 2.15. The Bertz CT molecular complexity index is 244. The summed E-state index contributed by atoms with van der Waals surface area (Å²) in [6, 6.07) is -0.986. The molecule has 0 rings (SSSR count). The topological polar surface area (TPSA) is 124 Å². The third-order valence-electron chi connectivity index (χ3n) is 1.96. The van der Waals surface area contributed by atoms with Gasteiger partial charge in [0.05, 0.1) is 12.5 Å². The van der Waals surface area contributed by atoms with Crippen molar-refractivity contribution in [3.8, 4) is 0 Å². The van der Waals surface area contributed by atoms with Gasteiger partial charge in [0.2, 0.25) is 5.91 Å². The van der Waals surface area contributed by atoms with E-state index in [1.54, 1.807) is 0 Å². The molecule has 0 aromatic rings. The lowest BCUT2D eigenvalue weighted by Gasteiger charge is -2.16. The van der Waals surface area contributed by atoms with Crippen LogP contribution < -0.4 is 5.73 Å². The van der Waals surface area contributed by atoms with E-state index in [2.05, 4.69) is 0 Å². The van der Waals surface area contributed by atoms with Crippen molar-refractivity contribution in [3.05, 3.63) is 0 Å². The number of carboxylic acid groups (broad SMARTS) is 1. The number of amides is 1. The summed E-state index contributed by atoms with van der Waals surface area (Å²) in [6.07, 6.45) is -0.519. The van der Waals surface area contributed by atoms with Gasteiger partial charge in [-0.15, -0.1) is 0 Å². The first-order valence-corrected chi connectivity index (χ1v) is 5.00. The second kappa shape index (κ2) is 7.15. The van der Waals surface area contributed by atoms with Gasteiger partial charge in [0.15, 0.2) is 0 Å².